The number of amides is 3. The highest BCUT2D eigenvalue weighted by Crippen LogP contribution is 1.93. The van der Waals surface area contributed by atoms with Crippen LogP contribution in [0, 0.1) is 0 Å². The van der Waals surface area contributed by atoms with Crippen LogP contribution in [0.5, 0.6) is 0 Å². The molecule has 19 heavy (non-hydrogen) atoms. The second-order valence-electron chi connectivity index (χ2n) is 3.47. The number of nitrogens with zero attached hydrogens (tertiary/aromatic N) is 2. The molecule has 0 aliphatic rings. The van der Waals surface area contributed by atoms with Gasteiger partial charge >= 0.3 is 12.0 Å². The summed E-state index contributed by atoms with van der Waals surface area (Å²) in [7, 11) is 0. The van der Waals surface area contributed by atoms with E-state index in [1.165, 1.54) is 18.6 Å². The maximum Gasteiger partial charge on any atom is 0.359 e. The van der Waals surface area contributed by atoms with Crippen molar-refractivity contribution in [3.8, 4) is 0 Å². The van der Waals surface area contributed by atoms with Gasteiger partial charge in [-0.1, -0.05) is 6.92 Å². The quantitative estimate of drug-likeness (QED) is 0.718. The smallest absolute Gasteiger partial charge is 0.359 e. The molecular weight excluding hydrogens is 252 g/mol. The summed E-state index contributed by atoms with van der Waals surface area (Å²) >= 11 is 0. The Kier molecular flexibility index (Phi) is 5.93. The molecule has 1 heterocycles. The predicted molar refractivity (Wildman–Crippen MR) is 64.1 cm³/mol. The number of carbonyl (C=O) groups is 3. The highest BCUT2D eigenvalue weighted by Gasteiger charge is 2.12. The Morgan fingerprint density at radius 1 is 1.32 bits per heavy atom. The monoisotopic (exact) mass is 266 g/mol. The molecule has 1 aromatic rings. The Labute approximate surface area is 109 Å². The Balaban J connectivity index is 2.30. The summed E-state index contributed by atoms with van der Waals surface area (Å²) in [5.41, 5.74) is -0.00858. The van der Waals surface area contributed by atoms with E-state index < -0.39 is 24.5 Å². The van der Waals surface area contributed by atoms with E-state index in [4.69, 9.17) is 0 Å². The lowest BCUT2D eigenvalue weighted by Crippen LogP contribution is -2.41. The first-order valence-corrected chi connectivity index (χ1v) is 5.64. The second-order valence-corrected chi connectivity index (χ2v) is 3.47. The van der Waals surface area contributed by atoms with Gasteiger partial charge in [0, 0.05) is 18.9 Å². The lowest BCUT2D eigenvalue weighted by Gasteiger charge is -2.06. The van der Waals surface area contributed by atoms with Crippen LogP contribution in [0.4, 0.5) is 4.79 Å². The van der Waals surface area contributed by atoms with Gasteiger partial charge < -0.3 is 10.1 Å². The summed E-state index contributed by atoms with van der Waals surface area (Å²) in [6.45, 7) is 1.78. The highest BCUT2D eigenvalue weighted by atomic mass is 16.5. The molecule has 0 atom stereocenters. The van der Waals surface area contributed by atoms with Crippen LogP contribution in [0.1, 0.15) is 23.8 Å². The summed E-state index contributed by atoms with van der Waals surface area (Å²) in [5, 5.41) is 4.47. The minimum Gasteiger partial charge on any atom is -0.451 e. The van der Waals surface area contributed by atoms with Crippen LogP contribution in [-0.2, 0) is 9.53 Å². The molecule has 8 nitrogen and oxygen atoms in total. The number of rotatable bonds is 5. The summed E-state index contributed by atoms with van der Waals surface area (Å²) in [6.07, 6.45) is 4.70. The minimum atomic E-state index is -0.780. The molecule has 0 saturated heterocycles. The Morgan fingerprint density at radius 3 is 2.74 bits per heavy atom. The van der Waals surface area contributed by atoms with Gasteiger partial charge in [0.1, 0.15) is 0 Å². The third-order valence-corrected chi connectivity index (χ3v) is 1.90. The molecule has 0 aliphatic heterocycles. The molecule has 8 heteroatoms. The first-order valence-electron chi connectivity index (χ1n) is 5.64. The van der Waals surface area contributed by atoms with E-state index in [2.05, 4.69) is 20.0 Å². The summed E-state index contributed by atoms with van der Waals surface area (Å²) in [5.74, 6) is -1.50. The molecule has 0 spiro atoms. The molecule has 0 fully saturated rings. The van der Waals surface area contributed by atoms with Crippen LogP contribution in [0.3, 0.4) is 0 Å². The molecule has 0 radical (unpaired) electrons. The van der Waals surface area contributed by atoms with Crippen LogP contribution >= 0.6 is 0 Å². The van der Waals surface area contributed by atoms with Gasteiger partial charge in [-0.05, 0) is 6.42 Å². The van der Waals surface area contributed by atoms with Crippen LogP contribution in [0.2, 0.25) is 0 Å². The van der Waals surface area contributed by atoms with Crippen LogP contribution in [0.25, 0.3) is 0 Å². The predicted octanol–water partition coefficient (Wildman–Crippen LogP) is -0.131. The standard InChI is InChI=1S/C11H14N4O4/c1-2-3-14-11(18)15-9(16)7-19-10(17)8-6-12-4-5-13-8/h4-6H,2-3,7H2,1H3,(H2,14,15,16,18). The Hall–Kier alpha value is -2.51. The normalized spacial score (nSPS) is 9.53. The second kappa shape index (κ2) is 7.75. The summed E-state index contributed by atoms with van der Waals surface area (Å²) in [4.78, 5) is 41.2. The fraction of sp³-hybridized carbons (Fsp3) is 0.364. The zero-order valence-electron chi connectivity index (χ0n) is 10.4. The molecule has 0 aromatic carbocycles. The van der Waals surface area contributed by atoms with Crippen molar-refractivity contribution in [1.82, 2.24) is 20.6 Å². The third kappa shape index (κ3) is 5.57. The van der Waals surface area contributed by atoms with Gasteiger partial charge in [0.25, 0.3) is 5.91 Å². The van der Waals surface area contributed by atoms with Gasteiger partial charge in [0.05, 0.1) is 6.20 Å². The lowest BCUT2D eigenvalue weighted by molar-refractivity contribution is -0.123. The zero-order valence-corrected chi connectivity index (χ0v) is 10.4. The van der Waals surface area contributed by atoms with Crippen LogP contribution in [-0.4, -0.2) is 41.0 Å². The average molecular weight is 266 g/mol. The van der Waals surface area contributed by atoms with Crippen molar-refractivity contribution >= 4 is 17.9 Å². The SMILES string of the molecule is CCCNC(=O)NC(=O)COC(=O)c1cnccn1. The lowest BCUT2D eigenvalue weighted by atomic mass is 10.4. The van der Waals surface area contributed by atoms with Crippen LogP contribution in [0.15, 0.2) is 18.6 Å². The number of ether oxygens (including phenoxy) is 1. The number of aromatic nitrogens is 2. The molecule has 0 unspecified atom stereocenters. The van der Waals surface area contributed by atoms with Gasteiger partial charge in [-0.3, -0.25) is 15.1 Å². The molecule has 102 valence electrons. The summed E-state index contributed by atoms with van der Waals surface area (Å²) in [6, 6.07) is -0.623. The topological polar surface area (TPSA) is 110 Å². The fourth-order valence-electron chi connectivity index (χ4n) is 1.05. The number of hydrogen-bond acceptors (Lipinski definition) is 6. The highest BCUT2D eigenvalue weighted by molar-refractivity contribution is 5.96. The van der Waals surface area contributed by atoms with Crippen molar-refractivity contribution in [1.29, 1.82) is 0 Å². The third-order valence-electron chi connectivity index (χ3n) is 1.90. The number of imide groups is 1. The van der Waals surface area contributed by atoms with Gasteiger partial charge in [0.2, 0.25) is 0 Å². The van der Waals surface area contributed by atoms with Crippen molar-refractivity contribution in [2.45, 2.75) is 13.3 Å². The number of carbonyl (C=O) groups excluding carboxylic acids is 3. The van der Waals surface area contributed by atoms with Gasteiger partial charge in [0.15, 0.2) is 12.3 Å². The molecule has 0 bridgehead atoms. The van der Waals surface area contributed by atoms with Crippen molar-refractivity contribution in [3.63, 3.8) is 0 Å². The van der Waals surface area contributed by atoms with E-state index in [1.54, 1.807) is 0 Å². The summed E-state index contributed by atoms with van der Waals surface area (Å²) < 4.78 is 4.66. The van der Waals surface area contributed by atoms with Crippen LogP contribution < -0.4 is 10.6 Å². The maximum atomic E-state index is 11.4. The van der Waals surface area contributed by atoms with E-state index in [-0.39, 0.29) is 5.69 Å². The maximum absolute atomic E-state index is 11.4. The van der Waals surface area contributed by atoms with E-state index >= 15 is 0 Å². The van der Waals surface area contributed by atoms with E-state index in [0.29, 0.717) is 6.54 Å². The molecule has 3 amide bonds. The van der Waals surface area contributed by atoms with Gasteiger partial charge in [-0.15, -0.1) is 0 Å². The largest absolute Gasteiger partial charge is 0.451 e. The number of esters is 1. The Morgan fingerprint density at radius 2 is 2.11 bits per heavy atom. The average Bonchev–Trinajstić information content (AvgIpc) is 2.43. The first-order chi connectivity index (χ1) is 9.13. The molecule has 1 aromatic heterocycles. The molecule has 2 N–H and O–H groups in total. The number of nitrogens with one attached hydrogen (secondary N) is 2. The van der Waals surface area contributed by atoms with E-state index in [9.17, 15) is 14.4 Å². The molecule has 0 saturated carbocycles. The minimum absolute atomic E-state index is 0.00858. The molecular formula is C11H14N4O4. The van der Waals surface area contributed by atoms with Crippen molar-refractivity contribution < 1.29 is 19.1 Å². The van der Waals surface area contributed by atoms with Gasteiger partial charge in [-0.2, -0.15) is 0 Å². The number of hydrogen-bond donors (Lipinski definition) is 2. The van der Waals surface area contributed by atoms with Crippen molar-refractivity contribution in [3.05, 3.63) is 24.3 Å². The number of urea groups is 1. The van der Waals surface area contributed by atoms with E-state index in [0.717, 1.165) is 6.42 Å². The Bertz CT molecular complexity index is 449. The molecule has 0 aliphatic carbocycles. The molecule has 1 rings (SSSR count). The van der Waals surface area contributed by atoms with E-state index in [1.807, 2.05) is 12.2 Å². The fourth-order valence-corrected chi connectivity index (χ4v) is 1.05. The zero-order chi connectivity index (χ0) is 14.1. The van der Waals surface area contributed by atoms with Gasteiger partial charge in [-0.25, -0.2) is 14.6 Å². The van der Waals surface area contributed by atoms with Crippen molar-refractivity contribution in [2.24, 2.45) is 0 Å². The first kappa shape index (κ1) is 14.6. The van der Waals surface area contributed by atoms with Crippen molar-refractivity contribution in [2.75, 3.05) is 13.2 Å².